The van der Waals surface area contributed by atoms with Crippen molar-refractivity contribution in [3.8, 4) is 17.2 Å². The Hall–Kier alpha value is -3.15. The van der Waals surface area contributed by atoms with Gasteiger partial charge in [-0.1, -0.05) is 12.1 Å². The van der Waals surface area contributed by atoms with Crippen LogP contribution in [0, 0.1) is 0 Å². The molecule has 3 aromatic rings. The fraction of sp³-hybridized carbons (Fsp3) is 0.118. The van der Waals surface area contributed by atoms with Gasteiger partial charge in [-0.05, 0) is 42.0 Å². The Morgan fingerprint density at radius 1 is 1.17 bits per heavy atom. The number of carbonyl (C=O) groups excluding carboxylic acids is 1. The molecule has 0 N–H and O–H groups in total. The average molecular weight is 310 g/mol. The lowest BCUT2D eigenvalue weighted by Gasteiger charge is -2.07. The summed E-state index contributed by atoms with van der Waals surface area (Å²) in [5, 5.41) is 7.48. The molecule has 3 rings (SSSR count). The second kappa shape index (κ2) is 6.74. The lowest BCUT2D eigenvalue weighted by atomic mass is 10.1. The van der Waals surface area contributed by atoms with Gasteiger partial charge >= 0.3 is 5.97 Å². The minimum absolute atomic E-state index is 0.352. The number of aromatic nitrogens is 2. The molecule has 6 heteroatoms. The van der Waals surface area contributed by atoms with E-state index in [0.29, 0.717) is 23.8 Å². The van der Waals surface area contributed by atoms with Gasteiger partial charge in [-0.2, -0.15) is 0 Å². The normalized spacial score (nSPS) is 10.3. The standard InChI is InChI=1S/C17H14N2O4/c1-21-17(20)14-4-2-3-12(9-14)10-22-15-7-5-13(6-8-15)16-19-18-11-23-16/h2-9,11H,10H2,1H3. The van der Waals surface area contributed by atoms with Crippen LogP contribution in [0.3, 0.4) is 0 Å². The van der Waals surface area contributed by atoms with E-state index in [1.54, 1.807) is 18.2 Å². The van der Waals surface area contributed by atoms with E-state index in [2.05, 4.69) is 10.2 Å². The summed E-state index contributed by atoms with van der Waals surface area (Å²) in [6.07, 6.45) is 1.29. The monoisotopic (exact) mass is 310 g/mol. The van der Waals surface area contributed by atoms with Crippen LogP contribution in [-0.4, -0.2) is 23.3 Å². The minimum atomic E-state index is -0.365. The SMILES string of the molecule is COC(=O)c1cccc(COc2ccc(-c3nnco3)cc2)c1. The highest BCUT2D eigenvalue weighted by Crippen LogP contribution is 2.21. The van der Waals surface area contributed by atoms with Crippen molar-refractivity contribution in [1.82, 2.24) is 10.2 Å². The van der Waals surface area contributed by atoms with Crippen LogP contribution in [0.4, 0.5) is 0 Å². The first-order valence-corrected chi connectivity index (χ1v) is 6.93. The van der Waals surface area contributed by atoms with Gasteiger partial charge in [-0.3, -0.25) is 0 Å². The lowest BCUT2D eigenvalue weighted by molar-refractivity contribution is 0.0600. The second-order valence-electron chi connectivity index (χ2n) is 4.75. The number of hydrogen-bond acceptors (Lipinski definition) is 6. The maximum atomic E-state index is 11.5. The summed E-state index contributed by atoms with van der Waals surface area (Å²) in [4.78, 5) is 11.5. The maximum Gasteiger partial charge on any atom is 0.337 e. The molecule has 0 radical (unpaired) electrons. The zero-order chi connectivity index (χ0) is 16.1. The summed E-state index contributed by atoms with van der Waals surface area (Å²) in [5.41, 5.74) is 2.21. The van der Waals surface area contributed by atoms with E-state index in [9.17, 15) is 4.79 Å². The average Bonchev–Trinajstić information content (AvgIpc) is 3.14. The predicted octanol–water partition coefficient (Wildman–Crippen LogP) is 3.10. The Labute approximate surface area is 132 Å². The highest BCUT2D eigenvalue weighted by molar-refractivity contribution is 5.89. The Bertz CT molecular complexity index is 783. The van der Waals surface area contributed by atoms with Crippen LogP contribution < -0.4 is 4.74 Å². The Balaban J connectivity index is 1.65. The summed E-state index contributed by atoms with van der Waals surface area (Å²) >= 11 is 0. The highest BCUT2D eigenvalue weighted by Gasteiger charge is 2.07. The molecule has 0 amide bonds. The molecular weight excluding hydrogens is 296 g/mol. The van der Waals surface area contributed by atoms with E-state index in [-0.39, 0.29) is 5.97 Å². The number of methoxy groups -OCH3 is 1. The van der Waals surface area contributed by atoms with Crippen molar-refractivity contribution in [3.63, 3.8) is 0 Å². The van der Waals surface area contributed by atoms with Gasteiger partial charge in [-0.25, -0.2) is 4.79 Å². The number of carbonyl (C=O) groups is 1. The largest absolute Gasteiger partial charge is 0.489 e. The molecule has 0 saturated carbocycles. The zero-order valence-corrected chi connectivity index (χ0v) is 12.4. The van der Waals surface area contributed by atoms with Crippen molar-refractivity contribution in [2.75, 3.05) is 7.11 Å². The molecule has 1 aromatic heterocycles. The zero-order valence-electron chi connectivity index (χ0n) is 12.4. The number of esters is 1. The Morgan fingerprint density at radius 2 is 2.00 bits per heavy atom. The molecule has 0 aliphatic heterocycles. The highest BCUT2D eigenvalue weighted by atomic mass is 16.5. The number of benzene rings is 2. The smallest absolute Gasteiger partial charge is 0.337 e. The molecule has 0 spiro atoms. The van der Waals surface area contributed by atoms with Crippen LogP contribution in [0.1, 0.15) is 15.9 Å². The number of hydrogen-bond donors (Lipinski definition) is 0. The molecule has 1 heterocycles. The summed E-state index contributed by atoms with van der Waals surface area (Å²) in [7, 11) is 1.36. The van der Waals surface area contributed by atoms with E-state index < -0.39 is 0 Å². The quantitative estimate of drug-likeness (QED) is 0.674. The van der Waals surface area contributed by atoms with Gasteiger partial charge in [0, 0.05) is 5.56 Å². The second-order valence-corrected chi connectivity index (χ2v) is 4.75. The van der Waals surface area contributed by atoms with Gasteiger partial charge in [0.1, 0.15) is 12.4 Å². The van der Waals surface area contributed by atoms with E-state index in [1.165, 1.54) is 13.5 Å². The molecule has 6 nitrogen and oxygen atoms in total. The molecule has 23 heavy (non-hydrogen) atoms. The van der Waals surface area contributed by atoms with Crippen molar-refractivity contribution in [2.24, 2.45) is 0 Å². The summed E-state index contributed by atoms with van der Waals surface area (Å²) < 4.78 is 15.5. The predicted molar refractivity (Wildman–Crippen MR) is 81.8 cm³/mol. The van der Waals surface area contributed by atoms with Crippen LogP contribution in [0.2, 0.25) is 0 Å². The summed E-state index contributed by atoms with van der Waals surface area (Å²) in [6.45, 7) is 0.352. The van der Waals surface area contributed by atoms with Gasteiger partial charge in [0.15, 0.2) is 0 Å². The van der Waals surface area contributed by atoms with E-state index >= 15 is 0 Å². The summed E-state index contributed by atoms with van der Waals surface area (Å²) in [5.74, 6) is 0.801. The maximum absolute atomic E-state index is 11.5. The topological polar surface area (TPSA) is 74.5 Å². The first-order valence-electron chi connectivity index (χ1n) is 6.93. The molecule has 0 saturated heterocycles. The van der Waals surface area contributed by atoms with Crippen LogP contribution in [0.15, 0.2) is 59.3 Å². The molecule has 116 valence electrons. The Kier molecular flexibility index (Phi) is 4.33. The number of nitrogens with zero attached hydrogens (tertiary/aromatic N) is 2. The van der Waals surface area contributed by atoms with Crippen molar-refractivity contribution in [2.45, 2.75) is 6.61 Å². The van der Waals surface area contributed by atoms with Crippen molar-refractivity contribution >= 4 is 5.97 Å². The molecule has 0 bridgehead atoms. The van der Waals surface area contributed by atoms with E-state index in [4.69, 9.17) is 13.9 Å². The molecule has 2 aromatic carbocycles. The van der Waals surface area contributed by atoms with Crippen molar-refractivity contribution in [1.29, 1.82) is 0 Å². The molecule has 0 fully saturated rings. The van der Waals surface area contributed by atoms with Gasteiger partial charge < -0.3 is 13.9 Å². The first-order chi connectivity index (χ1) is 11.3. The summed E-state index contributed by atoms with van der Waals surface area (Å²) in [6, 6.07) is 14.5. The fourth-order valence-electron chi connectivity index (χ4n) is 2.07. The third-order valence-corrected chi connectivity index (χ3v) is 3.21. The van der Waals surface area contributed by atoms with Crippen LogP contribution in [0.25, 0.3) is 11.5 Å². The third-order valence-electron chi connectivity index (χ3n) is 3.21. The van der Waals surface area contributed by atoms with Crippen molar-refractivity contribution in [3.05, 3.63) is 66.1 Å². The molecular formula is C17H14N2O4. The van der Waals surface area contributed by atoms with Crippen LogP contribution in [0.5, 0.6) is 5.75 Å². The molecule has 0 aliphatic rings. The molecule has 0 atom stereocenters. The fourth-order valence-corrected chi connectivity index (χ4v) is 2.07. The first kappa shape index (κ1) is 14.8. The van der Waals surface area contributed by atoms with E-state index in [1.807, 2.05) is 30.3 Å². The Morgan fingerprint density at radius 3 is 2.70 bits per heavy atom. The lowest BCUT2D eigenvalue weighted by Crippen LogP contribution is -2.03. The van der Waals surface area contributed by atoms with Gasteiger partial charge in [0.2, 0.25) is 12.3 Å². The molecule has 0 aliphatic carbocycles. The van der Waals surface area contributed by atoms with Gasteiger partial charge in [-0.15, -0.1) is 10.2 Å². The van der Waals surface area contributed by atoms with Gasteiger partial charge in [0.25, 0.3) is 0 Å². The van der Waals surface area contributed by atoms with Crippen LogP contribution >= 0.6 is 0 Å². The minimum Gasteiger partial charge on any atom is -0.489 e. The van der Waals surface area contributed by atoms with Gasteiger partial charge in [0.05, 0.1) is 12.7 Å². The third kappa shape index (κ3) is 3.55. The number of rotatable bonds is 5. The van der Waals surface area contributed by atoms with Crippen LogP contribution in [-0.2, 0) is 11.3 Å². The molecule has 0 unspecified atom stereocenters. The number of ether oxygens (including phenoxy) is 2. The van der Waals surface area contributed by atoms with E-state index in [0.717, 1.165) is 11.1 Å². The van der Waals surface area contributed by atoms with Crippen molar-refractivity contribution < 1.29 is 18.7 Å².